The second kappa shape index (κ2) is 5.08. The van der Waals surface area contributed by atoms with Crippen molar-refractivity contribution in [2.45, 2.75) is 25.9 Å². The van der Waals surface area contributed by atoms with Crippen LogP contribution in [0.1, 0.15) is 30.9 Å². The van der Waals surface area contributed by atoms with Crippen molar-refractivity contribution in [3.63, 3.8) is 0 Å². The molecule has 3 heteroatoms. The zero-order chi connectivity index (χ0) is 14.0. The molecule has 0 bridgehead atoms. The summed E-state index contributed by atoms with van der Waals surface area (Å²) in [7, 11) is 0. The van der Waals surface area contributed by atoms with Gasteiger partial charge in [-0.15, -0.1) is 0 Å². The van der Waals surface area contributed by atoms with E-state index in [0.717, 1.165) is 17.2 Å². The molecule has 0 nitrogen and oxygen atoms in total. The number of rotatable bonds is 2. The lowest BCUT2D eigenvalue weighted by atomic mass is 9.96. The first-order valence-corrected chi connectivity index (χ1v) is 6.15. The molecule has 0 aromatic heterocycles. The van der Waals surface area contributed by atoms with Crippen molar-refractivity contribution < 1.29 is 13.2 Å². The third-order valence-corrected chi connectivity index (χ3v) is 3.08. The lowest BCUT2D eigenvalue weighted by Crippen LogP contribution is -2.04. The predicted molar refractivity (Wildman–Crippen MR) is 71.0 cm³/mol. The quantitative estimate of drug-likeness (QED) is 0.672. The van der Waals surface area contributed by atoms with Gasteiger partial charge in [0.2, 0.25) is 0 Å². The Kier molecular flexibility index (Phi) is 3.65. The SMILES string of the molecule is CC(C)c1cccc(-c2cccc(C(F)(F)F)c2)c1. The Morgan fingerprint density at radius 1 is 0.842 bits per heavy atom. The monoisotopic (exact) mass is 264 g/mol. The average Bonchev–Trinajstić information content (AvgIpc) is 2.38. The minimum atomic E-state index is -4.30. The molecule has 2 rings (SSSR count). The highest BCUT2D eigenvalue weighted by molar-refractivity contribution is 5.65. The van der Waals surface area contributed by atoms with Gasteiger partial charge >= 0.3 is 6.18 Å². The third-order valence-electron chi connectivity index (χ3n) is 3.08. The fourth-order valence-electron chi connectivity index (χ4n) is 1.95. The van der Waals surface area contributed by atoms with E-state index in [1.807, 2.05) is 24.3 Å². The van der Waals surface area contributed by atoms with Gasteiger partial charge in [-0.25, -0.2) is 0 Å². The Hall–Kier alpha value is -1.77. The molecular weight excluding hydrogens is 249 g/mol. The summed E-state index contributed by atoms with van der Waals surface area (Å²) in [5, 5.41) is 0. The summed E-state index contributed by atoms with van der Waals surface area (Å²) in [5.41, 5.74) is 1.92. The molecule has 0 saturated heterocycles. The molecule has 0 unspecified atom stereocenters. The van der Waals surface area contributed by atoms with Gasteiger partial charge < -0.3 is 0 Å². The first kappa shape index (κ1) is 13.7. The maximum atomic E-state index is 12.7. The van der Waals surface area contributed by atoms with E-state index in [-0.39, 0.29) is 0 Å². The number of benzene rings is 2. The summed E-state index contributed by atoms with van der Waals surface area (Å²) in [6.45, 7) is 4.12. The smallest absolute Gasteiger partial charge is 0.166 e. The molecule has 0 saturated carbocycles. The number of halogens is 3. The highest BCUT2D eigenvalue weighted by Crippen LogP contribution is 2.32. The minimum Gasteiger partial charge on any atom is -0.166 e. The van der Waals surface area contributed by atoms with Gasteiger partial charge in [0.15, 0.2) is 0 Å². The fraction of sp³-hybridized carbons (Fsp3) is 0.250. The van der Waals surface area contributed by atoms with E-state index in [1.165, 1.54) is 12.1 Å². The second-order valence-electron chi connectivity index (χ2n) is 4.86. The lowest BCUT2D eigenvalue weighted by Gasteiger charge is -2.11. The molecule has 0 amide bonds. The third kappa shape index (κ3) is 3.16. The van der Waals surface area contributed by atoms with E-state index in [0.29, 0.717) is 11.5 Å². The van der Waals surface area contributed by atoms with Gasteiger partial charge in [-0.1, -0.05) is 50.2 Å². The molecule has 0 spiro atoms. The summed E-state index contributed by atoms with van der Waals surface area (Å²) in [6, 6.07) is 13.1. The van der Waals surface area contributed by atoms with E-state index in [9.17, 15) is 13.2 Å². The summed E-state index contributed by atoms with van der Waals surface area (Å²) in [4.78, 5) is 0. The maximum absolute atomic E-state index is 12.7. The van der Waals surface area contributed by atoms with Crippen molar-refractivity contribution in [2.75, 3.05) is 0 Å². The normalized spacial score (nSPS) is 11.9. The van der Waals surface area contributed by atoms with Gasteiger partial charge in [0.25, 0.3) is 0 Å². The van der Waals surface area contributed by atoms with E-state index in [4.69, 9.17) is 0 Å². The van der Waals surface area contributed by atoms with Crippen LogP contribution in [-0.2, 0) is 6.18 Å². The van der Waals surface area contributed by atoms with E-state index < -0.39 is 11.7 Å². The maximum Gasteiger partial charge on any atom is 0.416 e. The largest absolute Gasteiger partial charge is 0.416 e. The summed E-state index contributed by atoms with van der Waals surface area (Å²) >= 11 is 0. The van der Waals surface area contributed by atoms with Crippen LogP contribution < -0.4 is 0 Å². The van der Waals surface area contributed by atoms with E-state index >= 15 is 0 Å². The molecule has 2 aromatic carbocycles. The van der Waals surface area contributed by atoms with Crippen molar-refractivity contribution in [1.29, 1.82) is 0 Å². The summed E-state index contributed by atoms with van der Waals surface area (Å²) < 4.78 is 38.1. The predicted octanol–water partition coefficient (Wildman–Crippen LogP) is 5.50. The van der Waals surface area contributed by atoms with Crippen molar-refractivity contribution in [3.05, 3.63) is 59.7 Å². The van der Waals surface area contributed by atoms with Gasteiger partial charge in [0.05, 0.1) is 5.56 Å². The lowest BCUT2D eigenvalue weighted by molar-refractivity contribution is -0.137. The Bertz CT molecular complexity index is 568. The van der Waals surface area contributed by atoms with Crippen molar-refractivity contribution in [2.24, 2.45) is 0 Å². The van der Waals surface area contributed by atoms with Crippen molar-refractivity contribution in [3.8, 4) is 11.1 Å². The fourth-order valence-corrected chi connectivity index (χ4v) is 1.95. The average molecular weight is 264 g/mol. The molecule has 0 fully saturated rings. The van der Waals surface area contributed by atoms with Crippen LogP contribution in [0.2, 0.25) is 0 Å². The Morgan fingerprint density at radius 2 is 1.42 bits per heavy atom. The standard InChI is InChI=1S/C16H15F3/c1-11(2)12-5-3-6-13(9-12)14-7-4-8-15(10-14)16(17,18)19/h3-11H,1-2H3. The molecule has 100 valence electrons. The van der Waals surface area contributed by atoms with Gasteiger partial charge in [-0.05, 0) is 34.7 Å². The van der Waals surface area contributed by atoms with Crippen molar-refractivity contribution in [1.82, 2.24) is 0 Å². The highest BCUT2D eigenvalue weighted by atomic mass is 19.4. The van der Waals surface area contributed by atoms with Gasteiger partial charge in [0, 0.05) is 0 Å². The van der Waals surface area contributed by atoms with Gasteiger partial charge in [-0.3, -0.25) is 0 Å². The van der Waals surface area contributed by atoms with Crippen LogP contribution in [0.5, 0.6) is 0 Å². The topological polar surface area (TPSA) is 0 Å². The minimum absolute atomic E-state index is 0.353. The van der Waals surface area contributed by atoms with Crippen LogP contribution in [0.4, 0.5) is 13.2 Å². The first-order valence-electron chi connectivity index (χ1n) is 6.15. The van der Waals surface area contributed by atoms with Crippen LogP contribution in [-0.4, -0.2) is 0 Å². The molecule has 19 heavy (non-hydrogen) atoms. The molecule has 0 heterocycles. The van der Waals surface area contributed by atoms with Crippen LogP contribution in [0.15, 0.2) is 48.5 Å². The molecule has 0 N–H and O–H groups in total. The summed E-state index contributed by atoms with van der Waals surface area (Å²) in [6.07, 6.45) is -4.30. The summed E-state index contributed by atoms with van der Waals surface area (Å²) in [5.74, 6) is 0.353. The molecule has 0 radical (unpaired) electrons. The number of alkyl halides is 3. The van der Waals surface area contributed by atoms with Crippen molar-refractivity contribution >= 4 is 0 Å². The van der Waals surface area contributed by atoms with Crippen LogP contribution >= 0.6 is 0 Å². The van der Waals surface area contributed by atoms with Crippen LogP contribution in [0, 0.1) is 0 Å². The first-order chi connectivity index (χ1) is 8.88. The van der Waals surface area contributed by atoms with Gasteiger partial charge in [-0.2, -0.15) is 13.2 Å². The second-order valence-corrected chi connectivity index (χ2v) is 4.86. The molecule has 0 aliphatic rings. The zero-order valence-corrected chi connectivity index (χ0v) is 10.8. The molecule has 2 aromatic rings. The van der Waals surface area contributed by atoms with Crippen LogP contribution in [0.25, 0.3) is 11.1 Å². The van der Waals surface area contributed by atoms with E-state index in [2.05, 4.69) is 13.8 Å². The molecule has 0 aliphatic carbocycles. The zero-order valence-electron chi connectivity index (χ0n) is 10.8. The number of hydrogen-bond acceptors (Lipinski definition) is 0. The molecule has 0 aliphatic heterocycles. The number of hydrogen-bond donors (Lipinski definition) is 0. The van der Waals surface area contributed by atoms with Crippen LogP contribution in [0.3, 0.4) is 0 Å². The Morgan fingerprint density at radius 3 is 2.00 bits per heavy atom. The van der Waals surface area contributed by atoms with E-state index in [1.54, 1.807) is 6.07 Å². The molecule has 0 atom stereocenters. The molecular formula is C16H15F3. The van der Waals surface area contributed by atoms with Gasteiger partial charge in [0.1, 0.15) is 0 Å². The Balaban J connectivity index is 2.45. The highest BCUT2D eigenvalue weighted by Gasteiger charge is 2.30. The Labute approximate surface area is 110 Å².